The topological polar surface area (TPSA) is 91.1 Å². The first-order chi connectivity index (χ1) is 12.7. The number of nitrogens with zero attached hydrogens (tertiary/aromatic N) is 8. The number of piperazine rings is 1. The Morgan fingerprint density at radius 3 is 2.73 bits per heavy atom. The molecule has 0 bridgehead atoms. The molecule has 5 rings (SSSR count). The molecule has 0 saturated carbocycles. The van der Waals surface area contributed by atoms with Crippen molar-refractivity contribution in [2.75, 3.05) is 38.1 Å². The van der Waals surface area contributed by atoms with E-state index in [4.69, 9.17) is 4.98 Å². The van der Waals surface area contributed by atoms with E-state index in [2.05, 4.69) is 61.3 Å². The molecule has 1 aliphatic heterocycles. The zero-order chi connectivity index (χ0) is 17.7. The molecule has 9 nitrogen and oxygen atoms in total. The highest BCUT2D eigenvalue weighted by Crippen LogP contribution is 2.29. The maximum atomic E-state index is 4.96. The summed E-state index contributed by atoms with van der Waals surface area (Å²) in [5, 5.41) is 15.4. The second-order valence-electron chi connectivity index (χ2n) is 6.74. The molecule has 0 unspecified atom stereocenters. The summed E-state index contributed by atoms with van der Waals surface area (Å²) in [6.45, 7) is 5.94. The minimum atomic E-state index is 0.746. The molecule has 0 spiro atoms. The third kappa shape index (κ3) is 2.31. The summed E-state index contributed by atoms with van der Waals surface area (Å²) < 4.78 is 2.02. The van der Waals surface area contributed by atoms with Crippen molar-refractivity contribution in [3.8, 4) is 11.4 Å². The van der Waals surface area contributed by atoms with Crippen molar-refractivity contribution >= 4 is 22.5 Å². The Morgan fingerprint density at radius 1 is 1.12 bits per heavy atom. The Bertz CT molecular complexity index is 1070. The van der Waals surface area contributed by atoms with Crippen molar-refractivity contribution in [1.29, 1.82) is 0 Å². The van der Waals surface area contributed by atoms with Crippen LogP contribution in [0.2, 0.25) is 0 Å². The number of nitrogens with one attached hydrogen (secondary N) is 1. The SMILES string of the molecule is Cc1cc2c(cc1-c1ncn[nH]1)nc(N1CCN(C)CC1)c1nncn12. The van der Waals surface area contributed by atoms with E-state index in [1.165, 1.54) is 6.33 Å². The molecule has 0 aliphatic carbocycles. The van der Waals surface area contributed by atoms with Crippen LogP contribution in [0.25, 0.3) is 28.1 Å². The molecule has 132 valence electrons. The molecule has 4 heterocycles. The van der Waals surface area contributed by atoms with Gasteiger partial charge in [0.15, 0.2) is 11.6 Å². The third-order valence-electron chi connectivity index (χ3n) is 5.03. The Balaban J connectivity index is 1.72. The van der Waals surface area contributed by atoms with E-state index in [1.807, 2.05) is 4.40 Å². The van der Waals surface area contributed by atoms with Gasteiger partial charge in [-0.25, -0.2) is 9.97 Å². The number of aromatic amines is 1. The summed E-state index contributed by atoms with van der Waals surface area (Å²) in [4.78, 5) is 13.9. The largest absolute Gasteiger partial charge is 0.351 e. The van der Waals surface area contributed by atoms with Crippen LogP contribution < -0.4 is 4.90 Å². The maximum absolute atomic E-state index is 4.96. The van der Waals surface area contributed by atoms with Crippen LogP contribution in [0.15, 0.2) is 24.8 Å². The van der Waals surface area contributed by atoms with E-state index in [9.17, 15) is 0 Å². The highest BCUT2D eigenvalue weighted by Gasteiger charge is 2.21. The van der Waals surface area contributed by atoms with E-state index in [-0.39, 0.29) is 0 Å². The second kappa shape index (κ2) is 5.73. The van der Waals surface area contributed by atoms with Crippen molar-refractivity contribution < 1.29 is 0 Å². The number of rotatable bonds is 2. The van der Waals surface area contributed by atoms with Crippen molar-refractivity contribution in [1.82, 2.24) is 39.7 Å². The first kappa shape index (κ1) is 15.2. The van der Waals surface area contributed by atoms with Crippen molar-refractivity contribution in [3.63, 3.8) is 0 Å². The van der Waals surface area contributed by atoms with Crippen LogP contribution >= 0.6 is 0 Å². The predicted molar refractivity (Wildman–Crippen MR) is 98.1 cm³/mol. The number of benzene rings is 1. The molecule has 1 saturated heterocycles. The van der Waals surface area contributed by atoms with Crippen molar-refractivity contribution in [2.45, 2.75) is 6.92 Å². The summed E-state index contributed by atoms with van der Waals surface area (Å²) in [6, 6.07) is 4.16. The summed E-state index contributed by atoms with van der Waals surface area (Å²) in [6.07, 6.45) is 3.28. The average molecular weight is 349 g/mol. The van der Waals surface area contributed by atoms with E-state index in [1.54, 1.807) is 6.33 Å². The average Bonchev–Trinajstić information content (AvgIpc) is 3.33. The normalized spacial score (nSPS) is 16.0. The number of anilines is 1. The van der Waals surface area contributed by atoms with Gasteiger partial charge >= 0.3 is 0 Å². The van der Waals surface area contributed by atoms with Gasteiger partial charge in [0.1, 0.15) is 12.7 Å². The van der Waals surface area contributed by atoms with Crippen LogP contribution in [-0.4, -0.2) is 72.9 Å². The number of likely N-dealkylation sites (N-methyl/N-ethyl adjacent to an activating group) is 1. The summed E-state index contributed by atoms with van der Waals surface area (Å²) >= 11 is 0. The van der Waals surface area contributed by atoms with Crippen LogP contribution in [0.5, 0.6) is 0 Å². The van der Waals surface area contributed by atoms with Gasteiger partial charge in [-0.05, 0) is 31.7 Å². The smallest absolute Gasteiger partial charge is 0.204 e. The quantitative estimate of drug-likeness (QED) is 0.580. The van der Waals surface area contributed by atoms with E-state index < -0.39 is 0 Å². The first-order valence-corrected chi connectivity index (χ1v) is 8.64. The summed E-state index contributed by atoms with van der Waals surface area (Å²) in [7, 11) is 2.14. The number of aromatic nitrogens is 7. The molecule has 4 aromatic rings. The minimum absolute atomic E-state index is 0.746. The van der Waals surface area contributed by atoms with Gasteiger partial charge in [-0.1, -0.05) is 0 Å². The van der Waals surface area contributed by atoms with Gasteiger partial charge in [-0.15, -0.1) is 10.2 Å². The van der Waals surface area contributed by atoms with E-state index in [0.717, 1.165) is 65.6 Å². The number of H-pyrrole nitrogens is 1. The Morgan fingerprint density at radius 2 is 1.96 bits per heavy atom. The van der Waals surface area contributed by atoms with Gasteiger partial charge < -0.3 is 9.80 Å². The van der Waals surface area contributed by atoms with Gasteiger partial charge in [0, 0.05) is 31.7 Å². The lowest BCUT2D eigenvalue weighted by Gasteiger charge is -2.33. The number of hydrogen-bond acceptors (Lipinski definition) is 7. The molecule has 0 atom stereocenters. The zero-order valence-corrected chi connectivity index (χ0v) is 14.7. The number of fused-ring (bicyclic) bond motifs is 3. The van der Waals surface area contributed by atoms with Gasteiger partial charge in [-0.2, -0.15) is 5.10 Å². The lowest BCUT2D eigenvalue weighted by Crippen LogP contribution is -2.45. The molecule has 1 aliphatic rings. The highest BCUT2D eigenvalue weighted by atomic mass is 15.3. The second-order valence-corrected chi connectivity index (χ2v) is 6.74. The first-order valence-electron chi connectivity index (χ1n) is 8.64. The van der Waals surface area contributed by atoms with Gasteiger partial charge in [0.2, 0.25) is 5.65 Å². The lowest BCUT2D eigenvalue weighted by molar-refractivity contribution is 0.312. The lowest BCUT2D eigenvalue weighted by atomic mass is 10.1. The van der Waals surface area contributed by atoms with E-state index in [0.29, 0.717) is 0 Å². The molecule has 1 N–H and O–H groups in total. The molecule has 9 heteroatoms. The van der Waals surface area contributed by atoms with Crippen LogP contribution in [0.3, 0.4) is 0 Å². The molecular weight excluding hydrogens is 330 g/mol. The fourth-order valence-electron chi connectivity index (χ4n) is 3.51. The van der Waals surface area contributed by atoms with Crippen molar-refractivity contribution in [2.24, 2.45) is 0 Å². The molecule has 26 heavy (non-hydrogen) atoms. The molecule has 1 fully saturated rings. The van der Waals surface area contributed by atoms with Crippen LogP contribution in [0, 0.1) is 6.92 Å². The van der Waals surface area contributed by atoms with Gasteiger partial charge in [-0.3, -0.25) is 9.50 Å². The standard InChI is InChI=1S/C17H19N9/c1-11-7-14-13(8-12(11)15-18-9-19-22-15)21-16(17-23-20-10-26(14)17)25-5-3-24(2)4-6-25/h7-10H,3-6H2,1-2H3,(H,18,19,22). The Kier molecular flexibility index (Phi) is 3.35. The summed E-state index contributed by atoms with van der Waals surface area (Å²) in [5.41, 5.74) is 4.78. The van der Waals surface area contributed by atoms with Crippen LogP contribution in [0.4, 0.5) is 5.82 Å². The van der Waals surface area contributed by atoms with Crippen LogP contribution in [0.1, 0.15) is 5.56 Å². The molecule has 1 aromatic carbocycles. The van der Waals surface area contributed by atoms with Gasteiger partial charge in [0.25, 0.3) is 0 Å². The third-order valence-corrected chi connectivity index (χ3v) is 5.03. The maximum Gasteiger partial charge on any atom is 0.204 e. The number of aryl methyl sites for hydroxylation is 1. The van der Waals surface area contributed by atoms with Crippen molar-refractivity contribution in [3.05, 3.63) is 30.4 Å². The minimum Gasteiger partial charge on any atom is -0.351 e. The summed E-state index contributed by atoms with van der Waals surface area (Å²) in [5.74, 6) is 1.63. The predicted octanol–water partition coefficient (Wildman–Crippen LogP) is 1.12. The number of hydrogen-bond donors (Lipinski definition) is 1. The fraction of sp³-hybridized carbons (Fsp3) is 0.353. The monoisotopic (exact) mass is 349 g/mol. The highest BCUT2D eigenvalue weighted by molar-refractivity contribution is 5.87. The Labute approximate surface area is 149 Å². The molecular formula is C17H19N9. The van der Waals surface area contributed by atoms with Crippen LogP contribution in [-0.2, 0) is 0 Å². The Hall–Kier alpha value is -3.07. The van der Waals surface area contributed by atoms with Gasteiger partial charge in [0.05, 0.1) is 11.0 Å². The fourth-order valence-corrected chi connectivity index (χ4v) is 3.51. The molecule has 3 aromatic heterocycles. The molecule has 0 radical (unpaired) electrons. The van der Waals surface area contributed by atoms with E-state index >= 15 is 0 Å². The molecule has 0 amide bonds. The zero-order valence-electron chi connectivity index (χ0n) is 14.7.